The minimum atomic E-state index is -0.470. The van der Waals surface area contributed by atoms with Crippen LogP contribution >= 0.6 is 11.6 Å². The molecule has 0 amide bonds. The molecule has 0 saturated carbocycles. The Bertz CT molecular complexity index is 231. The Labute approximate surface area is 137 Å². The van der Waals surface area contributed by atoms with Crippen LogP contribution in [-0.4, -0.2) is 18.0 Å². The van der Waals surface area contributed by atoms with E-state index in [9.17, 15) is 4.79 Å². The van der Waals surface area contributed by atoms with Gasteiger partial charge in [-0.3, -0.25) is 4.79 Å². The second-order valence-corrected chi connectivity index (χ2v) is 6.46. The van der Waals surface area contributed by atoms with Crippen LogP contribution in [0.25, 0.3) is 0 Å². The Balaban J connectivity index is 3.11. The summed E-state index contributed by atoms with van der Waals surface area (Å²) in [5, 5.41) is -0.470. The highest BCUT2D eigenvalue weighted by atomic mass is 35.5. The monoisotopic (exact) mass is 318 g/mol. The third-order valence-electron chi connectivity index (χ3n) is 3.86. The van der Waals surface area contributed by atoms with E-state index in [1.54, 1.807) is 0 Å². The number of halogens is 1. The van der Waals surface area contributed by atoms with Gasteiger partial charge in [-0.2, -0.15) is 0 Å². The first kappa shape index (κ1) is 20.8. The van der Waals surface area contributed by atoms with Crippen LogP contribution in [0.4, 0.5) is 0 Å². The highest BCUT2D eigenvalue weighted by Gasteiger charge is 2.13. The van der Waals surface area contributed by atoms with Crippen LogP contribution in [0.15, 0.2) is 0 Å². The standard InChI is InChI=1S/C18H35ClO2/c1-3-5-6-7-8-9-10-11-12-13-14-15-16-21-18(20)17(19)4-2/h17H,3-16H2,1-2H3. The lowest BCUT2D eigenvalue weighted by Gasteiger charge is -2.07. The van der Waals surface area contributed by atoms with Crippen molar-refractivity contribution in [3.05, 3.63) is 0 Å². The third-order valence-corrected chi connectivity index (χ3v) is 4.34. The average Bonchev–Trinajstić information content (AvgIpc) is 2.50. The minimum absolute atomic E-state index is 0.262. The number of carbonyl (C=O) groups is 1. The van der Waals surface area contributed by atoms with Gasteiger partial charge in [0.15, 0.2) is 0 Å². The zero-order chi connectivity index (χ0) is 15.8. The van der Waals surface area contributed by atoms with Gasteiger partial charge in [0.2, 0.25) is 0 Å². The molecule has 3 heteroatoms. The maximum atomic E-state index is 11.3. The number of carbonyl (C=O) groups excluding carboxylic acids is 1. The van der Waals surface area contributed by atoms with E-state index < -0.39 is 5.38 Å². The van der Waals surface area contributed by atoms with E-state index in [1.165, 1.54) is 64.2 Å². The molecule has 0 aliphatic rings. The molecule has 0 saturated heterocycles. The summed E-state index contributed by atoms with van der Waals surface area (Å²) in [5.74, 6) is -0.262. The second kappa shape index (κ2) is 16.1. The van der Waals surface area contributed by atoms with E-state index in [0.29, 0.717) is 13.0 Å². The summed E-state index contributed by atoms with van der Waals surface area (Å²) in [6, 6.07) is 0. The van der Waals surface area contributed by atoms with Crippen LogP contribution in [0.3, 0.4) is 0 Å². The van der Waals surface area contributed by atoms with Crippen molar-refractivity contribution in [2.24, 2.45) is 0 Å². The number of rotatable bonds is 15. The van der Waals surface area contributed by atoms with Crippen molar-refractivity contribution in [1.82, 2.24) is 0 Å². The van der Waals surface area contributed by atoms with Crippen molar-refractivity contribution < 1.29 is 9.53 Å². The Morgan fingerprint density at radius 3 is 1.67 bits per heavy atom. The predicted molar refractivity (Wildman–Crippen MR) is 92.0 cm³/mol. The molecule has 0 heterocycles. The van der Waals surface area contributed by atoms with Crippen LogP contribution in [0.2, 0.25) is 0 Å². The van der Waals surface area contributed by atoms with E-state index in [2.05, 4.69) is 6.92 Å². The summed E-state index contributed by atoms with van der Waals surface area (Å²) in [6.07, 6.45) is 16.4. The fraction of sp³-hybridized carbons (Fsp3) is 0.944. The largest absolute Gasteiger partial charge is 0.465 e. The summed E-state index contributed by atoms with van der Waals surface area (Å²) in [6.45, 7) is 4.68. The Kier molecular flexibility index (Phi) is 16.0. The number of hydrogen-bond donors (Lipinski definition) is 0. The molecule has 0 aromatic heterocycles. The zero-order valence-corrected chi connectivity index (χ0v) is 14.9. The van der Waals surface area contributed by atoms with E-state index in [1.807, 2.05) is 6.92 Å². The lowest BCUT2D eigenvalue weighted by molar-refractivity contribution is -0.143. The number of esters is 1. The molecule has 0 N–H and O–H groups in total. The van der Waals surface area contributed by atoms with Crippen molar-refractivity contribution in [3.63, 3.8) is 0 Å². The number of hydrogen-bond acceptors (Lipinski definition) is 2. The smallest absolute Gasteiger partial charge is 0.324 e. The first-order valence-corrected chi connectivity index (χ1v) is 9.46. The molecule has 0 rings (SSSR count). The summed E-state index contributed by atoms with van der Waals surface area (Å²) < 4.78 is 5.12. The summed E-state index contributed by atoms with van der Waals surface area (Å²) in [5.41, 5.74) is 0. The molecule has 1 unspecified atom stereocenters. The molecule has 0 aliphatic carbocycles. The molecular formula is C18H35ClO2. The molecule has 21 heavy (non-hydrogen) atoms. The maximum absolute atomic E-state index is 11.3. The molecule has 0 aliphatic heterocycles. The van der Waals surface area contributed by atoms with Crippen LogP contribution in [0.5, 0.6) is 0 Å². The fourth-order valence-electron chi connectivity index (χ4n) is 2.37. The summed E-state index contributed by atoms with van der Waals surface area (Å²) in [4.78, 5) is 11.3. The van der Waals surface area contributed by atoms with Crippen LogP contribution in [-0.2, 0) is 9.53 Å². The van der Waals surface area contributed by atoms with Crippen LogP contribution in [0.1, 0.15) is 97.3 Å². The first-order valence-electron chi connectivity index (χ1n) is 9.03. The van der Waals surface area contributed by atoms with Gasteiger partial charge in [0.25, 0.3) is 0 Å². The fourth-order valence-corrected chi connectivity index (χ4v) is 2.44. The summed E-state index contributed by atoms with van der Waals surface area (Å²) >= 11 is 5.79. The molecular weight excluding hydrogens is 284 g/mol. The van der Waals surface area contributed by atoms with Gasteiger partial charge in [0.1, 0.15) is 5.38 Å². The van der Waals surface area contributed by atoms with Gasteiger partial charge in [-0.25, -0.2) is 0 Å². The van der Waals surface area contributed by atoms with Crippen molar-refractivity contribution in [2.75, 3.05) is 6.61 Å². The molecule has 0 bridgehead atoms. The lowest BCUT2D eigenvalue weighted by atomic mass is 10.1. The van der Waals surface area contributed by atoms with Gasteiger partial charge in [-0.15, -0.1) is 11.6 Å². The first-order chi connectivity index (χ1) is 10.2. The average molecular weight is 319 g/mol. The van der Waals surface area contributed by atoms with E-state index in [0.717, 1.165) is 12.8 Å². The Morgan fingerprint density at radius 1 is 0.810 bits per heavy atom. The number of unbranched alkanes of at least 4 members (excludes halogenated alkanes) is 11. The molecule has 126 valence electrons. The summed E-state index contributed by atoms with van der Waals surface area (Å²) in [7, 11) is 0. The van der Waals surface area contributed by atoms with Crippen molar-refractivity contribution >= 4 is 17.6 Å². The predicted octanol–water partition coefficient (Wildman–Crippen LogP) is 6.25. The molecule has 0 fully saturated rings. The third kappa shape index (κ3) is 14.5. The van der Waals surface area contributed by atoms with E-state index >= 15 is 0 Å². The van der Waals surface area contributed by atoms with E-state index in [-0.39, 0.29) is 5.97 Å². The van der Waals surface area contributed by atoms with Gasteiger partial charge in [-0.05, 0) is 12.8 Å². The van der Waals surface area contributed by atoms with Crippen molar-refractivity contribution in [2.45, 2.75) is 103 Å². The topological polar surface area (TPSA) is 26.3 Å². The second-order valence-electron chi connectivity index (χ2n) is 5.93. The minimum Gasteiger partial charge on any atom is -0.465 e. The van der Waals surface area contributed by atoms with E-state index in [4.69, 9.17) is 16.3 Å². The molecule has 0 spiro atoms. The Hall–Kier alpha value is -0.240. The SMILES string of the molecule is CCCCCCCCCCCCCCOC(=O)C(Cl)CC. The molecule has 0 aromatic carbocycles. The molecule has 0 aromatic rings. The molecule has 0 radical (unpaired) electrons. The lowest BCUT2D eigenvalue weighted by Crippen LogP contribution is -2.17. The van der Waals surface area contributed by atoms with Gasteiger partial charge < -0.3 is 4.74 Å². The van der Waals surface area contributed by atoms with Gasteiger partial charge in [0.05, 0.1) is 6.61 Å². The maximum Gasteiger partial charge on any atom is 0.324 e. The van der Waals surface area contributed by atoms with Crippen LogP contribution < -0.4 is 0 Å². The Morgan fingerprint density at radius 2 is 1.24 bits per heavy atom. The van der Waals surface area contributed by atoms with Crippen LogP contribution in [0, 0.1) is 0 Å². The van der Waals surface area contributed by atoms with Crippen molar-refractivity contribution in [3.8, 4) is 0 Å². The highest BCUT2D eigenvalue weighted by molar-refractivity contribution is 6.29. The van der Waals surface area contributed by atoms with Gasteiger partial charge in [0, 0.05) is 0 Å². The molecule has 1 atom stereocenters. The zero-order valence-electron chi connectivity index (χ0n) is 14.2. The number of alkyl halides is 1. The van der Waals surface area contributed by atoms with Gasteiger partial charge in [-0.1, -0.05) is 84.5 Å². The quantitative estimate of drug-likeness (QED) is 0.203. The van der Waals surface area contributed by atoms with Crippen molar-refractivity contribution in [1.29, 1.82) is 0 Å². The normalized spacial score (nSPS) is 12.3. The molecule has 2 nitrogen and oxygen atoms in total. The number of ether oxygens (including phenoxy) is 1. The highest BCUT2D eigenvalue weighted by Crippen LogP contribution is 2.12. The van der Waals surface area contributed by atoms with Gasteiger partial charge >= 0.3 is 5.97 Å².